The summed E-state index contributed by atoms with van der Waals surface area (Å²) in [6.07, 6.45) is 0.805. The number of phosphoric acid groups is 3. The van der Waals surface area contributed by atoms with Crippen molar-refractivity contribution in [3.63, 3.8) is 0 Å². The van der Waals surface area contributed by atoms with Crippen molar-refractivity contribution >= 4 is 69.1 Å². The van der Waals surface area contributed by atoms with E-state index in [-0.39, 0.29) is 47.5 Å². The average molecular weight is 936 g/mol. The number of nitrogens with two attached hydrogens (primary N) is 1. The lowest BCUT2D eigenvalue weighted by atomic mass is 9.87. The first kappa shape index (κ1) is 51.9. The Morgan fingerprint density at radius 3 is 2.35 bits per heavy atom. The largest absolute Gasteiger partial charge is 0.481 e. The van der Waals surface area contributed by atoms with E-state index < -0.39 is 84.6 Å². The number of rotatable bonds is 27. The van der Waals surface area contributed by atoms with Crippen LogP contribution < -0.4 is 16.4 Å². The Morgan fingerprint density at radius 2 is 1.67 bits per heavy atom. The molecule has 2 aromatic heterocycles. The first-order valence-electron chi connectivity index (χ1n) is 19.0. The Balaban J connectivity index is 1.42. The molecule has 342 valence electrons. The molecule has 0 spiro atoms. The van der Waals surface area contributed by atoms with Crippen molar-refractivity contribution in [2.45, 2.75) is 110 Å². The van der Waals surface area contributed by atoms with Crippen LogP contribution in [0.5, 0.6) is 0 Å². The van der Waals surface area contributed by atoms with Gasteiger partial charge in [0.2, 0.25) is 11.8 Å². The smallest absolute Gasteiger partial charge is 0.386 e. The van der Waals surface area contributed by atoms with Gasteiger partial charge in [-0.15, -0.1) is 0 Å². The molecule has 1 aliphatic rings. The van der Waals surface area contributed by atoms with E-state index in [4.69, 9.17) is 19.5 Å². The van der Waals surface area contributed by atoms with Gasteiger partial charge >= 0.3 is 23.5 Å². The van der Waals surface area contributed by atoms with Gasteiger partial charge in [0.1, 0.15) is 36.3 Å². The van der Waals surface area contributed by atoms with E-state index in [0.29, 0.717) is 5.75 Å². The van der Waals surface area contributed by atoms with Gasteiger partial charge in [0.25, 0.3) is 0 Å². The summed E-state index contributed by atoms with van der Waals surface area (Å²) in [7, 11) is -16.4. The normalized spacial score (nSPS) is 21.6. The van der Waals surface area contributed by atoms with Crippen molar-refractivity contribution in [1.29, 1.82) is 0 Å². The minimum Gasteiger partial charge on any atom is -0.386 e. The highest BCUT2D eigenvalue weighted by Gasteiger charge is 2.50. The predicted molar refractivity (Wildman–Crippen MR) is 214 cm³/mol. The number of nitrogen functional groups attached to an aromatic ring is 1. The average Bonchev–Trinajstić information content (AvgIpc) is 3.72. The van der Waals surface area contributed by atoms with Crippen LogP contribution in [0.1, 0.15) is 85.3 Å². The number of phosphoric ester groups is 3. The van der Waals surface area contributed by atoms with Gasteiger partial charge in [0.05, 0.1) is 19.5 Å². The molecule has 0 saturated carbocycles. The van der Waals surface area contributed by atoms with Gasteiger partial charge < -0.3 is 50.9 Å². The van der Waals surface area contributed by atoms with E-state index >= 15 is 0 Å². The fourth-order valence-electron chi connectivity index (χ4n) is 5.77. The van der Waals surface area contributed by atoms with Crippen LogP contribution in [0.15, 0.2) is 12.7 Å². The minimum absolute atomic E-state index is 0.0327. The quantitative estimate of drug-likeness (QED) is 0.0457. The van der Waals surface area contributed by atoms with Crippen LogP contribution in [0.25, 0.3) is 11.2 Å². The number of fused-ring (bicyclic) bond motifs is 1. The van der Waals surface area contributed by atoms with E-state index in [1.807, 2.05) is 6.92 Å². The van der Waals surface area contributed by atoms with E-state index in [9.17, 15) is 57.9 Å². The molecule has 1 fully saturated rings. The molecule has 2 aromatic rings. The highest BCUT2D eigenvalue weighted by Crippen LogP contribution is 2.61. The maximum Gasteiger partial charge on any atom is 0.481 e. The molecule has 60 heavy (non-hydrogen) atoms. The topological polar surface area (TPSA) is 364 Å². The fourth-order valence-corrected chi connectivity index (χ4v) is 9.41. The summed E-state index contributed by atoms with van der Waals surface area (Å²) in [5.41, 5.74) is 4.28. The highest BCUT2D eigenvalue weighted by molar-refractivity contribution is 8.13. The van der Waals surface area contributed by atoms with Crippen LogP contribution in [-0.4, -0.2) is 123 Å². The van der Waals surface area contributed by atoms with E-state index in [2.05, 4.69) is 41.3 Å². The Bertz CT molecular complexity index is 1890. The molecule has 3 heterocycles. The lowest BCUT2D eigenvalue weighted by molar-refractivity contribution is -0.137. The molecule has 7 unspecified atom stereocenters. The number of nitrogens with one attached hydrogen (secondary N) is 2. The Labute approximate surface area is 350 Å². The second-order valence-corrected chi connectivity index (χ2v) is 20.0. The number of carbonyl (C=O) groups is 3. The summed E-state index contributed by atoms with van der Waals surface area (Å²) < 4.78 is 62.3. The van der Waals surface area contributed by atoms with Crippen LogP contribution in [-0.2, 0) is 50.7 Å². The monoisotopic (exact) mass is 935 g/mol. The predicted octanol–water partition coefficient (Wildman–Crippen LogP) is 2.05. The van der Waals surface area contributed by atoms with Crippen molar-refractivity contribution in [3.8, 4) is 0 Å². The molecular weight excluding hydrogens is 879 g/mol. The molecule has 2 amide bonds. The van der Waals surface area contributed by atoms with Crippen molar-refractivity contribution < 1.29 is 80.5 Å². The van der Waals surface area contributed by atoms with Gasteiger partial charge in [0, 0.05) is 36.6 Å². The summed E-state index contributed by atoms with van der Waals surface area (Å²) in [5, 5.41) is 26.6. The third kappa shape index (κ3) is 16.7. The van der Waals surface area contributed by atoms with Crippen molar-refractivity contribution in [3.05, 3.63) is 12.7 Å². The van der Waals surface area contributed by atoms with Gasteiger partial charge in [-0.3, -0.25) is 32.5 Å². The van der Waals surface area contributed by atoms with Crippen LogP contribution in [0.3, 0.4) is 0 Å². The molecule has 0 radical (unpaired) electrons. The molecular formula is C32H56N7O17P3S. The van der Waals surface area contributed by atoms with Crippen molar-refractivity contribution in [2.75, 3.05) is 37.8 Å². The first-order chi connectivity index (χ1) is 28.0. The Hall–Kier alpha value is -2.44. The Morgan fingerprint density at radius 1 is 1.00 bits per heavy atom. The zero-order chi connectivity index (χ0) is 44.9. The van der Waals surface area contributed by atoms with Crippen LogP contribution >= 0.6 is 35.2 Å². The van der Waals surface area contributed by atoms with Crippen LogP contribution in [0.4, 0.5) is 5.82 Å². The first-order valence-corrected chi connectivity index (χ1v) is 24.5. The Kier molecular flexibility index (Phi) is 20.2. The molecule has 10 N–H and O–H groups in total. The van der Waals surface area contributed by atoms with Crippen LogP contribution in [0, 0.1) is 11.3 Å². The number of amides is 2. The second-order valence-electron chi connectivity index (χ2n) is 14.7. The number of anilines is 1. The van der Waals surface area contributed by atoms with Gasteiger partial charge in [-0.1, -0.05) is 78.0 Å². The molecule has 0 aromatic carbocycles. The summed E-state index contributed by atoms with van der Waals surface area (Å²) in [6.45, 7) is 4.62. The number of nitrogens with zero attached hydrogens (tertiary/aromatic N) is 4. The molecule has 24 nitrogen and oxygen atoms in total. The van der Waals surface area contributed by atoms with E-state index in [1.165, 1.54) is 39.5 Å². The highest BCUT2D eigenvalue weighted by atomic mass is 32.2. The second kappa shape index (κ2) is 23.3. The number of aromatic nitrogens is 4. The zero-order valence-electron chi connectivity index (χ0n) is 33.6. The standard InChI is InChI=1S/C32H56N7O17P3S/c1-5-6-7-8-9-10-11-20(2)31(44)60-15-14-34-22(40)12-13-35-29(43)26(42)32(3,4)17-53-59(50,51)56-58(48,49)52-16-21-25(55-57(45,46)47)24(41)30(54-21)39-19-38-23-27(33)36-18-37-28(23)39/h18-21,24-26,30,41-42H,5-17H2,1-4H3,(H,34,40)(H,35,43)(H,48,49)(H,50,51)(H2,33,36,37)(H2,45,46,47)/t20-,21?,24?,25?,26?,30?/m1/s1. The number of hydrogen-bond acceptors (Lipinski definition) is 18. The van der Waals surface area contributed by atoms with Gasteiger partial charge in [-0.25, -0.2) is 28.6 Å². The lowest BCUT2D eigenvalue weighted by Crippen LogP contribution is -2.46. The van der Waals surface area contributed by atoms with Gasteiger partial charge in [0.15, 0.2) is 22.8 Å². The van der Waals surface area contributed by atoms with Crippen molar-refractivity contribution in [1.82, 2.24) is 30.2 Å². The van der Waals surface area contributed by atoms with Gasteiger partial charge in [-0.2, -0.15) is 4.31 Å². The number of carbonyl (C=O) groups excluding carboxylic acids is 3. The maximum absolute atomic E-state index is 12.7. The number of unbranched alkanes of at least 4 members (excludes halogenated alkanes) is 5. The number of aliphatic hydroxyl groups excluding tert-OH is 2. The van der Waals surface area contributed by atoms with Gasteiger partial charge in [-0.05, 0) is 6.42 Å². The molecule has 1 saturated heterocycles. The third-order valence-corrected chi connectivity index (χ3v) is 13.3. The number of imidazole rings is 1. The van der Waals surface area contributed by atoms with Crippen LogP contribution in [0.2, 0.25) is 0 Å². The maximum atomic E-state index is 12.7. The van der Waals surface area contributed by atoms with Crippen molar-refractivity contribution in [2.24, 2.45) is 11.3 Å². The van der Waals surface area contributed by atoms with E-state index in [0.717, 1.165) is 48.2 Å². The molecule has 28 heteroatoms. The number of hydrogen-bond donors (Lipinski definition) is 9. The summed E-state index contributed by atoms with van der Waals surface area (Å²) in [6, 6.07) is 0. The van der Waals surface area contributed by atoms with E-state index in [1.54, 1.807) is 0 Å². The third-order valence-electron chi connectivity index (χ3n) is 9.14. The minimum atomic E-state index is -5.57. The molecule has 1 aliphatic heterocycles. The molecule has 0 bridgehead atoms. The summed E-state index contributed by atoms with van der Waals surface area (Å²) in [5.74, 6) is -1.12. The molecule has 0 aliphatic carbocycles. The molecule has 3 rings (SSSR count). The summed E-state index contributed by atoms with van der Waals surface area (Å²) in [4.78, 5) is 88.3. The number of thioether (sulfide) groups is 1. The lowest BCUT2D eigenvalue weighted by Gasteiger charge is -2.30. The number of aliphatic hydroxyl groups is 2. The SMILES string of the molecule is CCCCCCCC[C@@H](C)C(=O)SCCNC(=O)CCNC(=O)C(O)C(C)(C)COP(=O)(O)OP(=O)(O)OCC1OC(n2cnc3c(N)ncnc32)C(O)C1OP(=O)(O)O. The zero-order valence-corrected chi connectivity index (χ0v) is 37.1. The summed E-state index contributed by atoms with van der Waals surface area (Å²) >= 11 is 1.15. The number of ether oxygens (including phenoxy) is 1. The fraction of sp³-hybridized carbons (Fsp3) is 0.750. The molecule has 8 atom stereocenters.